The van der Waals surface area contributed by atoms with Gasteiger partial charge in [-0.1, -0.05) is 6.92 Å². The maximum absolute atomic E-state index is 12.5. The molecule has 2 saturated heterocycles. The Labute approximate surface area is 110 Å². The molecule has 2 rings (SSSR count). The lowest BCUT2D eigenvalue weighted by Gasteiger charge is -2.35. The molecule has 1 N–H and O–H groups in total. The Morgan fingerprint density at radius 2 is 2.28 bits per heavy atom. The van der Waals surface area contributed by atoms with E-state index >= 15 is 0 Å². The van der Waals surface area contributed by atoms with Crippen LogP contribution in [-0.4, -0.2) is 50.2 Å². The Morgan fingerprint density at radius 1 is 1.44 bits per heavy atom. The van der Waals surface area contributed by atoms with Crippen LogP contribution in [0.15, 0.2) is 0 Å². The molecule has 0 aromatic carbocycles. The molecule has 0 radical (unpaired) electrons. The molecule has 2 aliphatic rings. The highest BCUT2D eigenvalue weighted by Gasteiger charge is 2.36. The minimum Gasteiger partial charge on any atom is -0.377 e. The number of carbonyl (C=O) groups excluding carboxylic acids is 1. The molecule has 0 spiro atoms. The summed E-state index contributed by atoms with van der Waals surface area (Å²) in [6, 6.07) is 0. The molecule has 0 aromatic rings. The molecule has 3 unspecified atom stereocenters. The number of carbonyl (C=O) groups is 1. The molecule has 0 aliphatic carbocycles. The zero-order valence-corrected chi connectivity index (χ0v) is 11.7. The van der Waals surface area contributed by atoms with Gasteiger partial charge in [0.25, 0.3) is 0 Å². The second-order valence-electron chi connectivity index (χ2n) is 5.56. The first kappa shape index (κ1) is 13.8. The lowest BCUT2D eigenvalue weighted by molar-refractivity contribution is -0.139. The van der Waals surface area contributed by atoms with E-state index in [-0.39, 0.29) is 12.0 Å². The van der Waals surface area contributed by atoms with Gasteiger partial charge in [0, 0.05) is 19.7 Å². The van der Waals surface area contributed by atoms with Gasteiger partial charge in [-0.25, -0.2) is 0 Å². The monoisotopic (exact) mass is 254 g/mol. The second kappa shape index (κ2) is 6.53. The van der Waals surface area contributed by atoms with Gasteiger partial charge < -0.3 is 15.0 Å². The molecule has 2 heterocycles. The molecule has 2 aliphatic heterocycles. The fourth-order valence-corrected chi connectivity index (χ4v) is 3.29. The largest absolute Gasteiger partial charge is 0.377 e. The summed E-state index contributed by atoms with van der Waals surface area (Å²) in [6.07, 6.45) is 4.39. The smallest absolute Gasteiger partial charge is 0.228 e. The number of piperidine rings is 1. The van der Waals surface area contributed by atoms with Gasteiger partial charge in [0.15, 0.2) is 0 Å². The van der Waals surface area contributed by atoms with Crippen LogP contribution in [0.3, 0.4) is 0 Å². The Kier molecular flexibility index (Phi) is 5.01. The van der Waals surface area contributed by atoms with E-state index in [9.17, 15) is 4.79 Å². The minimum absolute atomic E-state index is 0.114. The first-order valence-electron chi connectivity index (χ1n) is 7.31. The van der Waals surface area contributed by atoms with E-state index in [0.29, 0.717) is 11.8 Å². The fourth-order valence-electron chi connectivity index (χ4n) is 3.29. The van der Waals surface area contributed by atoms with Crippen molar-refractivity contribution in [3.8, 4) is 0 Å². The van der Waals surface area contributed by atoms with Crippen LogP contribution in [0.2, 0.25) is 0 Å². The van der Waals surface area contributed by atoms with Crippen molar-refractivity contribution in [2.24, 2.45) is 11.8 Å². The molecule has 4 heteroatoms. The van der Waals surface area contributed by atoms with Crippen LogP contribution >= 0.6 is 0 Å². The molecular formula is C14H26N2O2. The van der Waals surface area contributed by atoms with E-state index in [4.69, 9.17) is 4.74 Å². The zero-order valence-electron chi connectivity index (χ0n) is 11.7. The Morgan fingerprint density at radius 3 is 3.00 bits per heavy atom. The molecule has 104 valence electrons. The number of likely N-dealkylation sites (tertiary alicyclic amines) is 1. The molecule has 18 heavy (non-hydrogen) atoms. The molecule has 1 amide bonds. The summed E-state index contributed by atoms with van der Waals surface area (Å²) in [5.74, 6) is 1.07. The molecule has 4 nitrogen and oxygen atoms in total. The number of ether oxygens (including phenoxy) is 1. The predicted molar refractivity (Wildman–Crippen MR) is 71.4 cm³/mol. The maximum Gasteiger partial charge on any atom is 0.228 e. The summed E-state index contributed by atoms with van der Waals surface area (Å²) < 4.78 is 5.64. The molecule has 3 atom stereocenters. The number of nitrogens with one attached hydrogen (secondary N) is 1. The Bertz CT molecular complexity index is 281. The number of amides is 1. The van der Waals surface area contributed by atoms with Gasteiger partial charge in [-0.15, -0.1) is 0 Å². The summed E-state index contributed by atoms with van der Waals surface area (Å²) in [4.78, 5) is 14.6. The van der Waals surface area contributed by atoms with E-state index in [1.807, 2.05) is 7.05 Å². The van der Waals surface area contributed by atoms with Crippen LogP contribution < -0.4 is 5.32 Å². The van der Waals surface area contributed by atoms with E-state index < -0.39 is 0 Å². The van der Waals surface area contributed by atoms with E-state index in [1.165, 1.54) is 6.42 Å². The van der Waals surface area contributed by atoms with Gasteiger partial charge in [0.05, 0.1) is 12.0 Å². The summed E-state index contributed by atoms with van der Waals surface area (Å²) in [7, 11) is 1.98. The highest BCUT2D eigenvalue weighted by Crippen LogP contribution is 2.27. The molecular weight excluding hydrogens is 228 g/mol. The number of nitrogens with zero attached hydrogens (tertiary/aromatic N) is 1. The van der Waals surface area contributed by atoms with Crippen LogP contribution in [0.25, 0.3) is 0 Å². The third kappa shape index (κ3) is 3.04. The fraction of sp³-hybridized carbons (Fsp3) is 0.929. The van der Waals surface area contributed by atoms with Crippen molar-refractivity contribution in [3.63, 3.8) is 0 Å². The maximum atomic E-state index is 12.5. The van der Waals surface area contributed by atoms with Crippen molar-refractivity contribution in [2.45, 2.75) is 38.7 Å². The molecule has 0 saturated carbocycles. The predicted octanol–water partition coefficient (Wildman–Crippen LogP) is 1.26. The standard InChI is InChI=1S/C14H26N2O2/c1-3-13-12(6-8-18-13)14(17)16-7-4-5-11(10-16)9-15-2/h11-13,15H,3-10H2,1-2H3. The number of hydrogen-bond acceptors (Lipinski definition) is 3. The highest BCUT2D eigenvalue weighted by atomic mass is 16.5. The van der Waals surface area contributed by atoms with Crippen LogP contribution in [-0.2, 0) is 9.53 Å². The van der Waals surface area contributed by atoms with Gasteiger partial charge in [-0.3, -0.25) is 4.79 Å². The van der Waals surface area contributed by atoms with Crippen molar-refractivity contribution in [1.29, 1.82) is 0 Å². The Balaban J connectivity index is 1.91. The van der Waals surface area contributed by atoms with Crippen molar-refractivity contribution in [1.82, 2.24) is 10.2 Å². The normalized spacial score (nSPS) is 32.8. The average Bonchev–Trinajstić information content (AvgIpc) is 2.87. The SMILES string of the molecule is CCC1OCCC1C(=O)N1CCCC(CNC)C1. The number of hydrogen-bond donors (Lipinski definition) is 1. The third-order valence-corrected chi connectivity index (χ3v) is 4.25. The lowest BCUT2D eigenvalue weighted by atomic mass is 9.93. The van der Waals surface area contributed by atoms with Gasteiger partial charge in [-0.05, 0) is 45.2 Å². The van der Waals surface area contributed by atoms with Crippen molar-refractivity contribution in [3.05, 3.63) is 0 Å². The van der Waals surface area contributed by atoms with E-state index in [1.54, 1.807) is 0 Å². The summed E-state index contributed by atoms with van der Waals surface area (Å²) in [6.45, 7) is 5.74. The zero-order chi connectivity index (χ0) is 13.0. The minimum atomic E-state index is 0.114. The van der Waals surface area contributed by atoms with Gasteiger partial charge >= 0.3 is 0 Å². The van der Waals surface area contributed by atoms with E-state index in [0.717, 1.165) is 45.5 Å². The van der Waals surface area contributed by atoms with Gasteiger partial charge in [0.2, 0.25) is 5.91 Å². The van der Waals surface area contributed by atoms with Gasteiger partial charge in [-0.2, -0.15) is 0 Å². The third-order valence-electron chi connectivity index (χ3n) is 4.25. The van der Waals surface area contributed by atoms with Crippen LogP contribution in [0.5, 0.6) is 0 Å². The topological polar surface area (TPSA) is 41.6 Å². The number of rotatable bonds is 4. The van der Waals surface area contributed by atoms with Crippen molar-refractivity contribution < 1.29 is 9.53 Å². The first-order valence-corrected chi connectivity index (χ1v) is 7.31. The average molecular weight is 254 g/mol. The Hall–Kier alpha value is -0.610. The second-order valence-corrected chi connectivity index (χ2v) is 5.56. The summed E-state index contributed by atoms with van der Waals surface area (Å²) in [5, 5.41) is 3.22. The first-order chi connectivity index (χ1) is 8.76. The lowest BCUT2D eigenvalue weighted by Crippen LogP contribution is -2.46. The van der Waals surface area contributed by atoms with Crippen LogP contribution in [0.4, 0.5) is 0 Å². The van der Waals surface area contributed by atoms with Crippen LogP contribution in [0.1, 0.15) is 32.6 Å². The van der Waals surface area contributed by atoms with Crippen LogP contribution in [0, 0.1) is 11.8 Å². The van der Waals surface area contributed by atoms with Gasteiger partial charge in [0.1, 0.15) is 0 Å². The molecule has 2 fully saturated rings. The van der Waals surface area contributed by atoms with Crippen molar-refractivity contribution >= 4 is 5.91 Å². The van der Waals surface area contributed by atoms with E-state index in [2.05, 4.69) is 17.1 Å². The highest BCUT2D eigenvalue weighted by molar-refractivity contribution is 5.79. The van der Waals surface area contributed by atoms with Crippen molar-refractivity contribution in [2.75, 3.05) is 33.3 Å². The molecule has 0 aromatic heterocycles. The summed E-state index contributed by atoms with van der Waals surface area (Å²) >= 11 is 0. The molecule has 0 bridgehead atoms. The quantitative estimate of drug-likeness (QED) is 0.821. The summed E-state index contributed by atoms with van der Waals surface area (Å²) in [5.41, 5.74) is 0.